The molecule has 4 heteroatoms. The third kappa shape index (κ3) is 4.18. The second kappa shape index (κ2) is 7.46. The van der Waals surface area contributed by atoms with Gasteiger partial charge in [0.1, 0.15) is 0 Å². The van der Waals surface area contributed by atoms with Gasteiger partial charge < -0.3 is 14.8 Å². The molecule has 1 N–H and O–H groups in total. The molecule has 108 valence electrons. The van der Waals surface area contributed by atoms with Crippen molar-refractivity contribution in [1.82, 2.24) is 5.32 Å². The average Bonchev–Trinajstić information content (AvgIpc) is 2.38. The first-order valence-corrected chi connectivity index (χ1v) is 6.56. The third-order valence-corrected chi connectivity index (χ3v) is 3.37. The van der Waals surface area contributed by atoms with Crippen LogP contribution < -0.4 is 10.1 Å². The standard InChI is InChI=1S/C15H24FNO2/c1-10(2)15(19-5)13(17-3)9-11-6-7-14(18-4)12(16)8-11/h6-8,10,13,15,17H,9H2,1-5H3. The molecule has 0 radical (unpaired) electrons. The van der Waals surface area contributed by atoms with Crippen LogP contribution in [-0.4, -0.2) is 33.4 Å². The van der Waals surface area contributed by atoms with Crippen LogP contribution in [0.2, 0.25) is 0 Å². The molecule has 1 aromatic carbocycles. The molecule has 0 aliphatic heterocycles. The molecule has 0 aliphatic carbocycles. The Balaban J connectivity index is 2.83. The monoisotopic (exact) mass is 269 g/mol. The number of benzene rings is 1. The van der Waals surface area contributed by atoms with E-state index in [2.05, 4.69) is 19.2 Å². The predicted molar refractivity (Wildman–Crippen MR) is 75.1 cm³/mol. The van der Waals surface area contributed by atoms with Gasteiger partial charge in [0.15, 0.2) is 11.6 Å². The van der Waals surface area contributed by atoms with E-state index in [1.54, 1.807) is 13.2 Å². The van der Waals surface area contributed by atoms with Crippen LogP contribution in [-0.2, 0) is 11.2 Å². The van der Waals surface area contributed by atoms with Gasteiger partial charge in [0.05, 0.1) is 13.2 Å². The van der Waals surface area contributed by atoms with Crippen molar-refractivity contribution in [3.05, 3.63) is 29.6 Å². The molecular weight excluding hydrogens is 245 g/mol. The summed E-state index contributed by atoms with van der Waals surface area (Å²) in [6, 6.07) is 5.22. The average molecular weight is 269 g/mol. The number of rotatable bonds is 7. The fourth-order valence-electron chi connectivity index (χ4n) is 2.37. The van der Waals surface area contributed by atoms with Crippen LogP contribution in [0, 0.1) is 11.7 Å². The zero-order valence-corrected chi connectivity index (χ0v) is 12.4. The molecule has 2 atom stereocenters. The summed E-state index contributed by atoms with van der Waals surface area (Å²) in [4.78, 5) is 0. The summed E-state index contributed by atoms with van der Waals surface area (Å²) >= 11 is 0. The number of hydrogen-bond donors (Lipinski definition) is 1. The fourth-order valence-corrected chi connectivity index (χ4v) is 2.37. The molecule has 0 spiro atoms. The van der Waals surface area contributed by atoms with Crippen molar-refractivity contribution in [2.75, 3.05) is 21.3 Å². The lowest BCUT2D eigenvalue weighted by Crippen LogP contribution is -2.43. The molecule has 0 aromatic heterocycles. The summed E-state index contributed by atoms with van der Waals surface area (Å²) in [6.07, 6.45) is 0.809. The van der Waals surface area contributed by atoms with E-state index in [1.165, 1.54) is 13.2 Å². The minimum absolute atomic E-state index is 0.0927. The van der Waals surface area contributed by atoms with Crippen molar-refractivity contribution in [2.45, 2.75) is 32.4 Å². The van der Waals surface area contributed by atoms with Crippen molar-refractivity contribution >= 4 is 0 Å². The molecule has 1 rings (SSSR count). The first-order valence-electron chi connectivity index (χ1n) is 6.56. The Hall–Kier alpha value is -1.13. The number of halogens is 1. The fraction of sp³-hybridized carbons (Fsp3) is 0.600. The summed E-state index contributed by atoms with van der Waals surface area (Å²) in [5.74, 6) is 0.343. The predicted octanol–water partition coefficient (Wildman–Crippen LogP) is 2.64. The van der Waals surface area contributed by atoms with Gasteiger partial charge in [-0.1, -0.05) is 19.9 Å². The summed E-state index contributed by atoms with van der Waals surface area (Å²) in [5.41, 5.74) is 0.931. The van der Waals surface area contributed by atoms with Gasteiger partial charge in [-0.2, -0.15) is 0 Å². The van der Waals surface area contributed by atoms with Crippen LogP contribution in [0.4, 0.5) is 4.39 Å². The summed E-state index contributed by atoms with van der Waals surface area (Å²) in [7, 11) is 5.08. The molecule has 0 saturated carbocycles. The molecule has 2 unspecified atom stereocenters. The highest BCUT2D eigenvalue weighted by Crippen LogP contribution is 2.20. The quantitative estimate of drug-likeness (QED) is 0.825. The Bertz CT molecular complexity index is 396. The van der Waals surface area contributed by atoms with E-state index >= 15 is 0 Å². The molecule has 0 bridgehead atoms. The molecule has 0 saturated heterocycles. The molecule has 0 amide bonds. The smallest absolute Gasteiger partial charge is 0.165 e. The highest BCUT2D eigenvalue weighted by atomic mass is 19.1. The minimum atomic E-state index is -0.326. The number of methoxy groups -OCH3 is 2. The SMILES string of the molecule is CNC(Cc1ccc(OC)c(F)c1)C(OC)C(C)C. The van der Waals surface area contributed by atoms with Gasteiger partial charge in [-0.15, -0.1) is 0 Å². The molecule has 1 aromatic rings. The second-order valence-electron chi connectivity index (χ2n) is 5.01. The van der Waals surface area contributed by atoms with Gasteiger partial charge >= 0.3 is 0 Å². The number of likely N-dealkylation sites (N-methyl/N-ethyl adjacent to an activating group) is 1. The van der Waals surface area contributed by atoms with E-state index in [-0.39, 0.29) is 23.7 Å². The van der Waals surface area contributed by atoms with Gasteiger partial charge in [0.25, 0.3) is 0 Å². The zero-order chi connectivity index (χ0) is 14.4. The third-order valence-electron chi connectivity index (χ3n) is 3.37. The molecule has 0 aliphatic rings. The normalized spacial score (nSPS) is 14.5. The first-order chi connectivity index (χ1) is 9.03. The minimum Gasteiger partial charge on any atom is -0.494 e. The number of nitrogens with one attached hydrogen (secondary N) is 1. The summed E-state index contributed by atoms with van der Waals surface area (Å²) < 4.78 is 24.1. The highest BCUT2D eigenvalue weighted by Gasteiger charge is 2.23. The number of ether oxygens (including phenoxy) is 2. The Kier molecular flexibility index (Phi) is 6.25. The van der Waals surface area contributed by atoms with Crippen LogP contribution in [0.1, 0.15) is 19.4 Å². The lowest BCUT2D eigenvalue weighted by Gasteiger charge is -2.29. The molecular formula is C15H24FNO2. The number of hydrogen-bond acceptors (Lipinski definition) is 3. The lowest BCUT2D eigenvalue weighted by atomic mass is 9.94. The Morgan fingerprint density at radius 2 is 1.95 bits per heavy atom. The molecule has 3 nitrogen and oxygen atoms in total. The van der Waals surface area contributed by atoms with E-state index in [4.69, 9.17) is 9.47 Å². The lowest BCUT2D eigenvalue weighted by molar-refractivity contribution is 0.0354. The molecule has 0 fully saturated rings. The Labute approximate surface area is 115 Å². The van der Waals surface area contributed by atoms with Gasteiger partial charge in [-0.3, -0.25) is 0 Å². The van der Waals surface area contributed by atoms with Crippen LogP contribution >= 0.6 is 0 Å². The van der Waals surface area contributed by atoms with E-state index in [0.29, 0.717) is 12.3 Å². The van der Waals surface area contributed by atoms with E-state index in [1.807, 2.05) is 13.1 Å². The van der Waals surface area contributed by atoms with Crippen molar-refractivity contribution in [3.63, 3.8) is 0 Å². The topological polar surface area (TPSA) is 30.5 Å². The summed E-state index contributed by atoms with van der Waals surface area (Å²) in [5, 5.41) is 3.25. The largest absolute Gasteiger partial charge is 0.494 e. The van der Waals surface area contributed by atoms with Crippen LogP contribution in [0.3, 0.4) is 0 Å². The van der Waals surface area contributed by atoms with Gasteiger partial charge in [-0.05, 0) is 37.1 Å². The maximum Gasteiger partial charge on any atom is 0.165 e. The van der Waals surface area contributed by atoms with Gasteiger partial charge in [0, 0.05) is 13.2 Å². The van der Waals surface area contributed by atoms with Crippen molar-refractivity contribution in [1.29, 1.82) is 0 Å². The van der Waals surface area contributed by atoms with Crippen molar-refractivity contribution in [2.24, 2.45) is 5.92 Å². The zero-order valence-electron chi connectivity index (χ0n) is 12.4. The van der Waals surface area contributed by atoms with Gasteiger partial charge in [-0.25, -0.2) is 4.39 Å². The van der Waals surface area contributed by atoms with E-state index < -0.39 is 0 Å². The second-order valence-corrected chi connectivity index (χ2v) is 5.01. The molecule has 19 heavy (non-hydrogen) atoms. The highest BCUT2D eigenvalue weighted by molar-refractivity contribution is 5.29. The maximum absolute atomic E-state index is 13.7. The van der Waals surface area contributed by atoms with E-state index in [0.717, 1.165) is 5.56 Å². The van der Waals surface area contributed by atoms with Crippen molar-refractivity contribution < 1.29 is 13.9 Å². The van der Waals surface area contributed by atoms with Crippen LogP contribution in [0.25, 0.3) is 0 Å². The Morgan fingerprint density at radius 3 is 2.37 bits per heavy atom. The van der Waals surface area contributed by atoms with E-state index in [9.17, 15) is 4.39 Å². The van der Waals surface area contributed by atoms with Crippen LogP contribution in [0.5, 0.6) is 5.75 Å². The van der Waals surface area contributed by atoms with Crippen LogP contribution in [0.15, 0.2) is 18.2 Å². The molecule has 0 heterocycles. The van der Waals surface area contributed by atoms with Crippen molar-refractivity contribution in [3.8, 4) is 5.75 Å². The summed E-state index contributed by atoms with van der Waals surface area (Å²) in [6.45, 7) is 4.24. The first kappa shape index (κ1) is 15.9. The maximum atomic E-state index is 13.7. The Morgan fingerprint density at radius 1 is 1.26 bits per heavy atom. The van der Waals surface area contributed by atoms with Gasteiger partial charge in [0.2, 0.25) is 0 Å².